The van der Waals surface area contributed by atoms with Crippen molar-refractivity contribution in [3.63, 3.8) is 0 Å². The summed E-state index contributed by atoms with van der Waals surface area (Å²) in [6.07, 6.45) is 3.65. The smallest absolute Gasteiger partial charge is 0.479 e. The number of ether oxygens (including phenoxy) is 1. The van der Waals surface area contributed by atoms with E-state index in [0.29, 0.717) is 6.73 Å². The van der Waals surface area contributed by atoms with Crippen molar-refractivity contribution in [1.82, 2.24) is 0 Å². The Balaban J connectivity index is 1.85. The van der Waals surface area contributed by atoms with Crippen LogP contribution in [0.1, 0.15) is 33.3 Å². The van der Waals surface area contributed by atoms with E-state index in [1.165, 1.54) is 5.56 Å². The molecule has 0 radical (unpaired) electrons. The van der Waals surface area contributed by atoms with E-state index in [0.717, 1.165) is 11.2 Å². The summed E-state index contributed by atoms with van der Waals surface area (Å²) in [5.41, 5.74) is 2.76. The Morgan fingerprint density at radius 3 is 2.29 bits per heavy atom. The molecule has 1 aromatic rings. The zero-order valence-electron chi connectivity index (χ0n) is 13.3. The Kier molecular flexibility index (Phi) is 3.30. The van der Waals surface area contributed by atoms with Gasteiger partial charge in [-0.25, -0.2) is 0 Å². The molecule has 1 fully saturated rings. The summed E-state index contributed by atoms with van der Waals surface area (Å²) < 4.78 is 17.4. The second-order valence-corrected chi connectivity index (χ2v) is 6.68. The molecule has 112 valence electrons. The molecule has 0 atom stereocenters. The number of aryl methyl sites for hydroxylation is 1. The lowest BCUT2D eigenvalue weighted by Crippen LogP contribution is -2.41. The Bertz CT molecular complexity index is 567. The van der Waals surface area contributed by atoms with Crippen LogP contribution in [0.3, 0.4) is 0 Å². The molecule has 3 rings (SSSR count). The van der Waals surface area contributed by atoms with Gasteiger partial charge in [0.25, 0.3) is 0 Å². The lowest BCUT2D eigenvalue weighted by atomic mass is 9.78. The van der Waals surface area contributed by atoms with Crippen LogP contribution in [0.4, 0.5) is 5.69 Å². The van der Waals surface area contributed by atoms with Crippen molar-refractivity contribution >= 4 is 18.3 Å². The molecule has 0 spiro atoms. The molecule has 4 nitrogen and oxygen atoms in total. The van der Waals surface area contributed by atoms with Crippen molar-refractivity contribution in [1.29, 1.82) is 0 Å². The number of benzene rings is 1. The van der Waals surface area contributed by atoms with Gasteiger partial charge in [0, 0.05) is 11.9 Å². The lowest BCUT2D eigenvalue weighted by Gasteiger charge is -2.32. The van der Waals surface area contributed by atoms with E-state index in [1.807, 2.05) is 6.20 Å². The molecule has 0 aliphatic carbocycles. The maximum atomic E-state index is 6.10. The minimum absolute atomic E-state index is 0.310. The van der Waals surface area contributed by atoms with Gasteiger partial charge in [0.05, 0.1) is 11.2 Å². The molecule has 1 aromatic carbocycles. The summed E-state index contributed by atoms with van der Waals surface area (Å²) in [4.78, 5) is 2.07. The quantitative estimate of drug-likeness (QED) is 0.782. The lowest BCUT2D eigenvalue weighted by molar-refractivity contribution is 0.00578. The molecule has 2 aliphatic rings. The van der Waals surface area contributed by atoms with Crippen molar-refractivity contribution in [2.45, 2.75) is 45.8 Å². The zero-order valence-corrected chi connectivity index (χ0v) is 13.3. The van der Waals surface area contributed by atoms with Gasteiger partial charge in [-0.2, -0.15) is 0 Å². The van der Waals surface area contributed by atoms with Gasteiger partial charge in [0.15, 0.2) is 6.73 Å². The van der Waals surface area contributed by atoms with Crippen molar-refractivity contribution < 1.29 is 14.0 Å². The fourth-order valence-electron chi connectivity index (χ4n) is 2.56. The van der Waals surface area contributed by atoms with E-state index in [-0.39, 0.29) is 18.3 Å². The number of hydrogen-bond acceptors (Lipinski definition) is 4. The molecule has 0 bridgehead atoms. The molecule has 21 heavy (non-hydrogen) atoms. The third-order valence-electron chi connectivity index (χ3n) is 4.61. The maximum Gasteiger partial charge on any atom is 0.494 e. The highest BCUT2D eigenvalue weighted by Gasteiger charge is 2.51. The van der Waals surface area contributed by atoms with E-state index in [2.05, 4.69) is 57.7 Å². The standard InChI is InChI=1S/C16H22BNO3/c1-12-10-13(6-7-14(12)18-8-9-19-11-18)17-20-15(2,3)16(4,5)21-17/h6-10H,11H2,1-5H3. The fraction of sp³-hybridized carbons (Fsp3) is 0.500. The minimum Gasteiger partial charge on any atom is -0.479 e. The maximum absolute atomic E-state index is 6.10. The zero-order chi connectivity index (χ0) is 15.3. The van der Waals surface area contributed by atoms with Crippen molar-refractivity contribution in [2.24, 2.45) is 0 Å². The van der Waals surface area contributed by atoms with Gasteiger partial charge < -0.3 is 18.9 Å². The largest absolute Gasteiger partial charge is 0.494 e. The van der Waals surface area contributed by atoms with Crippen LogP contribution in [-0.4, -0.2) is 25.1 Å². The van der Waals surface area contributed by atoms with Crippen LogP contribution in [0, 0.1) is 6.92 Å². The third-order valence-corrected chi connectivity index (χ3v) is 4.61. The van der Waals surface area contributed by atoms with Crippen LogP contribution in [0.15, 0.2) is 30.7 Å². The molecular weight excluding hydrogens is 265 g/mol. The molecule has 1 saturated heterocycles. The molecule has 5 heteroatoms. The number of nitrogens with zero attached hydrogens (tertiary/aromatic N) is 1. The normalized spacial score (nSPS) is 22.7. The Morgan fingerprint density at radius 1 is 1.10 bits per heavy atom. The molecular formula is C16H22BNO3. The van der Waals surface area contributed by atoms with E-state index in [4.69, 9.17) is 14.0 Å². The summed E-state index contributed by atoms with van der Waals surface area (Å²) in [6, 6.07) is 6.29. The average molecular weight is 287 g/mol. The summed E-state index contributed by atoms with van der Waals surface area (Å²) >= 11 is 0. The van der Waals surface area contributed by atoms with Crippen LogP contribution in [-0.2, 0) is 14.0 Å². The topological polar surface area (TPSA) is 30.9 Å². The predicted molar refractivity (Wildman–Crippen MR) is 84.5 cm³/mol. The van der Waals surface area contributed by atoms with E-state index in [1.54, 1.807) is 6.26 Å². The molecule has 0 unspecified atom stereocenters. The van der Waals surface area contributed by atoms with Crippen LogP contribution in [0.2, 0.25) is 0 Å². The van der Waals surface area contributed by atoms with Gasteiger partial charge in [0.1, 0.15) is 6.26 Å². The van der Waals surface area contributed by atoms with Crippen molar-refractivity contribution in [3.05, 3.63) is 36.2 Å². The van der Waals surface area contributed by atoms with Crippen LogP contribution < -0.4 is 10.4 Å². The Hall–Kier alpha value is -1.46. The molecule has 2 aliphatic heterocycles. The number of rotatable bonds is 2. The predicted octanol–water partition coefficient (Wildman–Crippen LogP) is 2.56. The number of hydrogen-bond donors (Lipinski definition) is 0. The van der Waals surface area contributed by atoms with Crippen molar-refractivity contribution in [3.8, 4) is 0 Å². The van der Waals surface area contributed by atoms with E-state index < -0.39 is 0 Å². The average Bonchev–Trinajstić information content (AvgIpc) is 2.96. The first-order chi connectivity index (χ1) is 9.80. The molecule has 2 heterocycles. The van der Waals surface area contributed by atoms with Crippen LogP contribution >= 0.6 is 0 Å². The highest BCUT2D eigenvalue weighted by Crippen LogP contribution is 2.36. The molecule has 0 aromatic heterocycles. The first-order valence-corrected chi connectivity index (χ1v) is 7.31. The van der Waals surface area contributed by atoms with E-state index >= 15 is 0 Å². The Morgan fingerprint density at radius 2 is 1.76 bits per heavy atom. The third kappa shape index (κ3) is 2.45. The van der Waals surface area contributed by atoms with Gasteiger partial charge in [-0.15, -0.1) is 0 Å². The summed E-state index contributed by atoms with van der Waals surface area (Å²) in [5.74, 6) is 0. The summed E-state index contributed by atoms with van der Waals surface area (Å²) in [5, 5.41) is 0. The van der Waals surface area contributed by atoms with Gasteiger partial charge in [-0.05, 0) is 51.7 Å². The van der Waals surface area contributed by atoms with Gasteiger partial charge >= 0.3 is 7.12 Å². The van der Waals surface area contributed by atoms with Gasteiger partial charge in [-0.3, -0.25) is 0 Å². The van der Waals surface area contributed by atoms with E-state index in [9.17, 15) is 0 Å². The molecule has 0 saturated carbocycles. The second kappa shape index (κ2) is 4.78. The SMILES string of the molecule is Cc1cc(B2OC(C)(C)C(C)(C)O2)ccc1N1C=COC1. The Labute approximate surface area is 126 Å². The monoisotopic (exact) mass is 287 g/mol. The summed E-state index contributed by atoms with van der Waals surface area (Å²) in [6.45, 7) is 10.9. The molecule has 0 N–H and O–H groups in total. The van der Waals surface area contributed by atoms with Crippen molar-refractivity contribution in [2.75, 3.05) is 11.6 Å². The molecule has 0 amide bonds. The minimum atomic E-state index is -0.312. The van der Waals surface area contributed by atoms with Crippen LogP contribution in [0.5, 0.6) is 0 Å². The second-order valence-electron chi connectivity index (χ2n) is 6.68. The summed E-state index contributed by atoms with van der Waals surface area (Å²) in [7, 11) is -0.312. The first kappa shape index (κ1) is 14.5. The highest BCUT2D eigenvalue weighted by atomic mass is 16.7. The van der Waals surface area contributed by atoms with Gasteiger partial charge in [0.2, 0.25) is 0 Å². The van der Waals surface area contributed by atoms with Gasteiger partial charge in [-0.1, -0.05) is 12.1 Å². The van der Waals surface area contributed by atoms with Crippen LogP contribution in [0.25, 0.3) is 0 Å². The highest BCUT2D eigenvalue weighted by molar-refractivity contribution is 6.62. The fourth-order valence-corrected chi connectivity index (χ4v) is 2.56. The number of anilines is 1. The first-order valence-electron chi connectivity index (χ1n) is 7.31.